The van der Waals surface area contributed by atoms with Crippen molar-refractivity contribution in [2.24, 2.45) is 16.9 Å². The molecule has 2 heterocycles. The Morgan fingerprint density at radius 2 is 1.65 bits per heavy atom. The zero-order valence-electron chi connectivity index (χ0n) is 17.5. The molecule has 0 unspecified atom stereocenters. The molecule has 5 nitrogen and oxygen atoms in total. The number of halogens is 3. The molecule has 164 valence electrons. The number of hydrogen-bond acceptors (Lipinski definition) is 4. The van der Waals surface area contributed by atoms with E-state index in [-0.39, 0.29) is 17.9 Å². The Balaban J connectivity index is 1.65. The summed E-state index contributed by atoms with van der Waals surface area (Å²) in [7, 11) is 0. The van der Waals surface area contributed by atoms with Gasteiger partial charge >= 0.3 is 0 Å². The Morgan fingerprint density at radius 1 is 1.00 bits per heavy atom. The number of nitrogens with one attached hydrogen (secondary N) is 1. The van der Waals surface area contributed by atoms with Gasteiger partial charge in [0.1, 0.15) is 5.71 Å². The summed E-state index contributed by atoms with van der Waals surface area (Å²) in [4.78, 5) is 13.2. The van der Waals surface area contributed by atoms with Crippen LogP contribution in [-0.2, 0) is 4.79 Å². The summed E-state index contributed by atoms with van der Waals surface area (Å²) in [5, 5.41) is 10.2. The van der Waals surface area contributed by atoms with Gasteiger partial charge in [-0.25, -0.2) is 5.01 Å². The van der Waals surface area contributed by atoms with Crippen LogP contribution in [0.25, 0.3) is 0 Å². The first-order valence-corrected chi connectivity index (χ1v) is 11.6. The number of rotatable bonds is 4. The molecular formula is C23H25Cl3N4O. The fourth-order valence-electron chi connectivity index (χ4n) is 4.16. The van der Waals surface area contributed by atoms with Crippen LogP contribution in [0.2, 0.25) is 15.1 Å². The highest BCUT2D eigenvalue weighted by molar-refractivity contribution is 6.41. The minimum Gasteiger partial charge on any atom is -0.284 e. The van der Waals surface area contributed by atoms with E-state index in [9.17, 15) is 4.79 Å². The molecule has 0 aromatic heterocycles. The Bertz CT molecular complexity index is 987. The maximum absolute atomic E-state index is 13.2. The second kappa shape index (κ2) is 9.37. The highest BCUT2D eigenvalue weighted by Gasteiger charge is 2.40. The SMILES string of the molecule is CC1CCN(NC(=O)C2=NN(c3ccc(Cl)cc3Cl)[C@@H](c3ccc(Cl)cc3)[C@@H]2C)CC1. The average molecular weight is 480 g/mol. The molecule has 0 radical (unpaired) electrons. The molecule has 0 aliphatic carbocycles. The van der Waals surface area contributed by atoms with Gasteiger partial charge in [0.25, 0.3) is 5.91 Å². The molecule has 31 heavy (non-hydrogen) atoms. The molecule has 1 N–H and O–H groups in total. The summed E-state index contributed by atoms with van der Waals surface area (Å²) in [6.07, 6.45) is 2.14. The van der Waals surface area contributed by atoms with Crippen molar-refractivity contribution in [2.45, 2.75) is 32.7 Å². The van der Waals surface area contributed by atoms with E-state index < -0.39 is 0 Å². The van der Waals surface area contributed by atoms with Crippen LogP contribution in [0, 0.1) is 11.8 Å². The van der Waals surface area contributed by atoms with E-state index >= 15 is 0 Å². The van der Waals surface area contributed by atoms with Crippen LogP contribution in [0.15, 0.2) is 47.6 Å². The number of carbonyl (C=O) groups excluding carboxylic acids is 1. The molecule has 2 aliphatic rings. The molecular weight excluding hydrogens is 455 g/mol. The third-order valence-corrected chi connectivity index (χ3v) is 6.82. The summed E-state index contributed by atoms with van der Waals surface area (Å²) in [5.41, 5.74) is 5.23. The quantitative estimate of drug-likeness (QED) is 0.588. The summed E-state index contributed by atoms with van der Waals surface area (Å²) in [5.74, 6) is 0.359. The summed E-state index contributed by atoms with van der Waals surface area (Å²) in [6, 6.07) is 12.7. The van der Waals surface area contributed by atoms with Crippen LogP contribution < -0.4 is 10.4 Å². The molecule has 1 saturated heterocycles. The van der Waals surface area contributed by atoms with Gasteiger partial charge in [-0.3, -0.25) is 15.2 Å². The topological polar surface area (TPSA) is 47.9 Å². The van der Waals surface area contributed by atoms with Crippen LogP contribution >= 0.6 is 34.8 Å². The average Bonchev–Trinajstić information content (AvgIpc) is 3.07. The standard InChI is InChI=1S/C23H25Cl3N4O/c1-14-9-11-29(12-10-14)28-23(31)21-15(2)22(16-3-5-17(24)6-4-16)30(27-21)20-8-7-18(25)13-19(20)26/h3-8,13-15,22H,9-12H2,1-2H3,(H,28,31)/t15-,22-/m1/s1. The van der Waals surface area contributed by atoms with E-state index in [2.05, 4.69) is 12.3 Å². The van der Waals surface area contributed by atoms with Crippen molar-refractivity contribution >= 4 is 52.1 Å². The highest BCUT2D eigenvalue weighted by Crippen LogP contribution is 2.42. The van der Waals surface area contributed by atoms with Gasteiger partial charge in [-0.1, -0.05) is 60.8 Å². The molecule has 8 heteroatoms. The fourth-order valence-corrected chi connectivity index (χ4v) is 4.79. The first-order chi connectivity index (χ1) is 14.8. The first kappa shape index (κ1) is 22.4. The second-order valence-electron chi connectivity index (χ2n) is 8.32. The fraction of sp³-hybridized carbons (Fsp3) is 0.391. The number of nitrogens with zero attached hydrogens (tertiary/aromatic N) is 3. The maximum Gasteiger partial charge on any atom is 0.282 e. The van der Waals surface area contributed by atoms with E-state index in [1.807, 2.05) is 47.3 Å². The first-order valence-electron chi connectivity index (χ1n) is 10.5. The number of hydrazone groups is 1. The van der Waals surface area contributed by atoms with Gasteiger partial charge in [-0.15, -0.1) is 0 Å². The lowest BCUT2D eigenvalue weighted by molar-refractivity contribution is -0.120. The van der Waals surface area contributed by atoms with E-state index in [0.717, 1.165) is 31.5 Å². The number of benzene rings is 2. The number of carbonyl (C=O) groups is 1. The molecule has 2 aromatic carbocycles. The van der Waals surface area contributed by atoms with Gasteiger partial charge in [0.05, 0.1) is 16.8 Å². The molecule has 4 rings (SSSR count). The minimum absolute atomic E-state index is 0.156. The van der Waals surface area contributed by atoms with E-state index in [0.29, 0.717) is 32.4 Å². The molecule has 2 aromatic rings. The van der Waals surface area contributed by atoms with Gasteiger partial charge in [0.15, 0.2) is 0 Å². The van der Waals surface area contributed by atoms with Crippen LogP contribution in [-0.4, -0.2) is 29.7 Å². The van der Waals surface area contributed by atoms with Gasteiger partial charge in [0, 0.05) is 29.1 Å². The van der Waals surface area contributed by atoms with Crippen LogP contribution in [0.1, 0.15) is 38.3 Å². The number of anilines is 1. The van der Waals surface area contributed by atoms with Crippen LogP contribution in [0.5, 0.6) is 0 Å². The van der Waals surface area contributed by atoms with Crippen molar-refractivity contribution in [1.29, 1.82) is 0 Å². The monoisotopic (exact) mass is 478 g/mol. The van der Waals surface area contributed by atoms with Crippen LogP contribution in [0.3, 0.4) is 0 Å². The highest BCUT2D eigenvalue weighted by atomic mass is 35.5. The minimum atomic E-state index is -0.196. The summed E-state index contributed by atoms with van der Waals surface area (Å²) < 4.78 is 0. The Morgan fingerprint density at radius 3 is 2.29 bits per heavy atom. The predicted molar refractivity (Wildman–Crippen MR) is 128 cm³/mol. The summed E-state index contributed by atoms with van der Waals surface area (Å²) in [6.45, 7) is 5.95. The molecule has 0 spiro atoms. The van der Waals surface area contributed by atoms with Crippen molar-refractivity contribution in [3.8, 4) is 0 Å². The normalized spacial score (nSPS) is 22.5. The van der Waals surface area contributed by atoms with E-state index in [4.69, 9.17) is 39.9 Å². The van der Waals surface area contributed by atoms with Gasteiger partial charge in [-0.2, -0.15) is 5.10 Å². The Kier molecular flexibility index (Phi) is 6.77. The zero-order valence-corrected chi connectivity index (χ0v) is 19.8. The molecule has 0 saturated carbocycles. The van der Waals surface area contributed by atoms with Crippen molar-refractivity contribution in [1.82, 2.24) is 10.4 Å². The number of piperidine rings is 1. The number of hydrazine groups is 1. The van der Waals surface area contributed by atoms with Crippen molar-refractivity contribution in [3.63, 3.8) is 0 Å². The van der Waals surface area contributed by atoms with Crippen LogP contribution in [0.4, 0.5) is 5.69 Å². The third kappa shape index (κ3) is 4.85. The number of hydrogen-bond donors (Lipinski definition) is 1. The van der Waals surface area contributed by atoms with Gasteiger partial charge in [0.2, 0.25) is 0 Å². The third-order valence-electron chi connectivity index (χ3n) is 6.03. The lowest BCUT2D eigenvalue weighted by Gasteiger charge is -2.30. The Hall–Kier alpha value is -1.79. The van der Waals surface area contributed by atoms with Crippen molar-refractivity contribution in [3.05, 3.63) is 63.1 Å². The largest absolute Gasteiger partial charge is 0.284 e. The molecule has 1 fully saturated rings. The smallest absolute Gasteiger partial charge is 0.282 e. The number of amides is 1. The second-order valence-corrected chi connectivity index (χ2v) is 9.60. The lowest BCUT2D eigenvalue weighted by Crippen LogP contribution is -2.49. The van der Waals surface area contributed by atoms with Crippen molar-refractivity contribution < 1.29 is 4.79 Å². The van der Waals surface area contributed by atoms with Crippen molar-refractivity contribution in [2.75, 3.05) is 18.1 Å². The lowest BCUT2D eigenvalue weighted by atomic mass is 9.91. The van der Waals surface area contributed by atoms with E-state index in [1.165, 1.54) is 0 Å². The Labute approximate surface area is 197 Å². The van der Waals surface area contributed by atoms with Gasteiger partial charge in [-0.05, 0) is 54.7 Å². The molecule has 2 aliphatic heterocycles. The predicted octanol–water partition coefficient (Wildman–Crippen LogP) is 5.96. The maximum atomic E-state index is 13.2. The summed E-state index contributed by atoms with van der Waals surface area (Å²) >= 11 is 18.7. The molecule has 2 atom stereocenters. The molecule has 1 amide bonds. The van der Waals surface area contributed by atoms with E-state index in [1.54, 1.807) is 12.1 Å². The zero-order chi connectivity index (χ0) is 22.1. The van der Waals surface area contributed by atoms with Gasteiger partial charge < -0.3 is 0 Å². The molecule has 0 bridgehead atoms.